The summed E-state index contributed by atoms with van der Waals surface area (Å²) in [5.74, 6) is 0. The fourth-order valence-electron chi connectivity index (χ4n) is 2.38. The monoisotopic (exact) mass is 184 g/mol. The molecular formula is C10H18NO2. The fraction of sp³-hybridized carbons (Fsp3) is 0.900. The molecule has 0 bridgehead atoms. The van der Waals surface area contributed by atoms with Gasteiger partial charge in [0.1, 0.15) is 6.10 Å². The second-order valence-electron chi connectivity index (χ2n) is 5.12. The molecule has 0 aromatic heterocycles. The molecule has 13 heavy (non-hydrogen) atoms. The first-order chi connectivity index (χ1) is 5.85. The Balaban J connectivity index is 2.66. The molecule has 1 rings (SSSR count). The smallest absolute Gasteiger partial charge is 0.417 e. The van der Waals surface area contributed by atoms with Gasteiger partial charge in [-0.05, 0) is 27.7 Å². The van der Waals surface area contributed by atoms with E-state index >= 15 is 0 Å². The molecule has 1 fully saturated rings. The highest BCUT2D eigenvalue weighted by Crippen LogP contribution is 2.29. The molecule has 0 aromatic carbocycles. The molecule has 1 aliphatic heterocycles. The van der Waals surface area contributed by atoms with Crippen LogP contribution in [0.2, 0.25) is 0 Å². The van der Waals surface area contributed by atoms with Gasteiger partial charge in [0, 0.05) is 23.9 Å². The lowest BCUT2D eigenvalue weighted by molar-refractivity contribution is 0.0459. The van der Waals surface area contributed by atoms with Crippen LogP contribution >= 0.6 is 0 Å². The summed E-state index contributed by atoms with van der Waals surface area (Å²) >= 11 is 0. The summed E-state index contributed by atoms with van der Waals surface area (Å²) in [6, 6.07) is 0. The first-order valence-corrected chi connectivity index (χ1v) is 4.67. The fourth-order valence-corrected chi connectivity index (χ4v) is 2.38. The molecule has 3 nitrogen and oxygen atoms in total. The minimum Gasteiger partial charge on any atom is -0.454 e. The van der Waals surface area contributed by atoms with E-state index in [1.807, 2.05) is 0 Å². The zero-order chi connectivity index (χ0) is 10.1. The summed E-state index contributed by atoms with van der Waals surface area (Å²) in [4.78, 5) is 10.1. The Morgan fingerprint density at radius 2 is 1.69 bits per heavy atom. The molecule has 0 atom stereocenters. The molecule has 1 N–H and O–H groups in total. The molecule has 1 heterocycles. The Bertz CT molecular complexity index is 183. The maximum Gasteiger partial charge on any atom is 0.417 e. The number of hydrogen-bond acceptors (Lipinski definition) is 3. The number of piperidine rings is 1. The predicted molar refractivity (Wildman–Crippen MR) is 51.1 cm³/mol. The number of carbonyl (C=O) groups excluding carboxylic acids is 1. The van der Waals surface area contributed by atoms with Crippen LogP contribution in [0, 0.1) is 0 Å². The minimum absolute atomic E-state index is 0.00347. The zero-order valence-corrected chi connectivity index (χ0v) is 8.81. The highest BCUT2D eigenvalue weighted by Gasteiger charge is 2.38. The lowest BCUT2D eigenvalue weighted by Crippen LogP contribution is -2.59. The van der Waals surface area contributed by atoms with Gasteiger partial charge in [-0.15, -0.1) is 0 Å². The SMILES string of the molecule is CC1(C)CC(O[C]=O)CC(C)(C)N1. The van der Waals surface area contributed by atoms with Crippen LogP contribution in [0.5, 0.6) is 0 Å². The van der Waals surface area contributed by atoms with E-state index in [-0.39, 0.29) is 17.2 Å². The van der Waals surface area contributed by atoms with E-state index in [0.717, 1.165) is 12.8 Å². The molecule has 0 saturated carbocycles. The standard InChI is InChI=1S/C10H18NO2/c1-9(2)5-8(13-7-12)6-10(3,4)11-9/h8,11H,5-6H2,1-4H3. The summed E-state index contributed by atoms with van der Waals surface area (Å²) in [6.07, 6.45) is 1.71. The summed E-state index contributed by atoms with van der Waals surface area (Å²) in [5, 5.41) is 3.51. The average molecular weight is 184 g/mol. The van der Waals surface area contributed by atoms with Crippen molar-refractivity contribution in [1.29, 1.82) is 0 Å². The summed E-state index contributed by atoms with van der Waals surface area (Å²) in [6.45, 7) is 10.0. The predicted octanol–water partition coefficient (Wildman–Crippen LogP) is 1.38. The molecule has 1 aliphatic rings. The lowest BCUT2D eigenvalue weighted by atomic mass is 9.81. The van der Waals surface area contributed by atoms with Gasteiger partial charge in [0.15, 0.2) is 0 Å². The second-order valence-corrected chi connectivity index (χ2v) is 5.12. The Morgan fingerprint density at radius 1 is 1.23 bits per heavy atom. The van der Waals surface area contributed by atoms with Crippen molar-refractivity contribution < 1.29 is 9.53 Å². The number of ether oxygens (including phenoxy) is 1. The third-order valence-electron chi connectivity index (χ3n) is 2.37. The Morgan fingerprint density at radius 3 is 2.08 bits per heavy atom. The molecule has 0 aromatic rings. The summed E-state index contributed by atoms with van der Waals surface area (Å²) in [5.41, 5.74) is 0.0620. The van der Waals surface area contributed by atoms with Crippen molar-refractivity contribution in [1.82, 2.24) is 5.32 Å². The van der Waals surface area contributed by atoms with Crippen LogP contribution in [0.15, 0.2) is 0 Å². The van der Waals surface area contributed by atoms with Gasteiger partial charge in [0.05, 0.1) is 0 Å². The third-order valence-corrected chi connectivity index (χ3v) is 2.37. The zero-order valence-electron chi connectivity index (χ0n) is 8.81. The first-order valence-electron chi connectivity index (χ1n) is 4.67. The van der Waals surface area contributed by atoms with Crippen LogP contribution < -0.4 is 5.32 Å². The van der Waals surface area contributed by atoms with Crippen molar-refractivity contribution in [3.8, 4) is 0 Å². The second kappa shape index (κ2) is 3.29. The maximum absolute atomic E-state index is 10.1. The van der Waals surface area contributed by atoms with Gasteiger partial charge in [0.25, 0.3) is 0 Å². The lowest BCUT2D eigenvalue weighted by Gasteiger charge is -2.45. The van der Waals surface area contributed by atoms with Gasteiger partial charge in [-0.3, -0.25) is 0 Å². The van der Waals surface area contributed by atoms with Crippen molar-refractivity contribution in [3.05, 3.63) is 0 Å². The molecule has 75 valence electrons. The molecule has 1 saturated heterocycles. The van der Waals surface area contributed by atoms with Gasteiger partial charge in [-0.1, -0.05) is 0 Å². The van der Waals surface area contributed by atoms with E-state index in [0.29, 0.717) is 0 Å². The quantitative estimate of drug-likeness (QED) is 0.704. The van der Waals surface area contributed by atoms with E-state index in [4.69, 9.17) is 4.74 Å². The number of nitrogens with one attached hydrogen (secondary N) is 1. The van der Waals surface area contributed by atoms with E-state index in [2.05, 4.69) is 33.0 Å². The number of hydrogen-bond donors (Lipinski definition) is 1. The maximum atomic E-state index is 10.1. The van der Waals surface area contributed by atoms with Crippen molar-refractivity contribution in [2.45, 2.75) is 57.7 Å². The van der Waals surface area contributed by atoms with Crippen LogP contribution in [-0.4, -0.2) is 23.7 Å². The molecule has 0 amide bonds. The van der Waals surface area contributed by atoms with Crippen LogP contribution in [-0.2, 0) is 9.53 Å². The van der Waals surface area contributed by atoms with Crippen LogP contribution in [0.4, 0.5) is 0 Å². The first kappa shape index (κ1) is 10.5. The van der Waals surface area contributed by atoms with E-state index < -0.39 is 0 Å². The topological polar surface area (TPSA) is 38.3 Å². The van der Waals surface area contributed by atoms with Crippen LogP contribution in [0.25, 0.3) is 0 Å². The van der Waals surface area contributed by atoms with Crippen molar-refractivity contribution in [3.63, 3.8) is 0 Å². The Hall–Kier alpha value is -0.570. The normalized spacial score (nSPS) is 26.8. The van der Waals surface area contributed by atoms with Gasteiger partial charge < -0.3 is 10.1 Å². The molecule has 0 unspecified atom stereocenters. The van der Waals surface area contributed by atoms with E-state index in [1.165, 1.54) is 6.47 Å². The van der Waals surface area contributed by atoms with Gasteiger partial charge in [-0.2, -0.15) is 0 Å². The minimum atomic E-state index is 0.00347. The highest BCUT2D eigenvalue weighted by atomic mass is 16.5. The molecule has 1 radical (unpaired) electrons. The molecule has 3 heteroatoms. The summed E-state index contributed by atoms with van der Waals surface area (Å²) < 4.78 is 4.91. The van der Waals surface area contributed by atoms with E-state index in [9.17, 15) is 4.79 Å². The Kier molecular flexibility index (Phi) is 2.66. The van der Waals surface area contributed by atoms with Crippen molar-refractivity contribution >= 4 is 6.47 Å². The average Bonchev–Trinajstić information content (AvgIpc) is 1.78. The van der Waals surface area contributed by atoms with Gasteiger partial charge >= 0.3 is 6.47 Å². The van der Waals surface area contributed by atoms with E-state index in [1.54, 1.807) is 0 Å². The van der Waals surface area contributed by atoms with Gasteiger partial charge in [0.2, 0.25) is 0 Å². The Labute approximate surface area is 79.8 Å². The molecule has 0 aliphatic carbocycles. The highest BCUT2D eigenvalue weighted by molar-refractivity contribution is 5.38. The summed E-state index contributed by atoms with van der Waals surface area (Å²) in [7, 11) is 0. The van der Waals surface area contributed by atoms with Crippen LogP contribution in [0.3, 0.4) is 0 Å². The van der Waals surface area contributed by atoms with Gasteiger partial charge in [-0.25, -0.2) is 4.79 Å². The van der Waals surface area contributed by atoms with Crippen LogP contribution in [0.1, 0.15) is 40.5 Å². The van der Waals surface area contributed by atoms with Crippen molar-refractivity contribution in [2.75, 3.05) is 0 Å². The molecule has 0 spiro atoms. The van der Waals surface area contributed by atoms with Crippen molar-refractivity contribution in [2.24, 2.45) is 0 Å². The third kappa shape index (κ3) is 2.99. The molecular weight excluding hydrogens is 166 g/mol. The largest absolute Gasteiger partial charge is 0.454 e. The number of rotatable bonds is 2.